The second kappa shape index (κ2) is 11.6. The standard InChI is InChI=1S/C25H26ClFN2OS.ClH/c1-6-8-22(18-9-11-19(27)12-10-18)29(13-7-2)25-28-24(17(4)31-25)20-14-16(3)23(30-5)15-21(20)26;/h2,9-12,14-15,22H,6,8,13H2,1,3-5H3;1H/t22-;/m0./s1. The van der Waals surface area contributed by atoms with Crippen molar-refractivity contribution in [3.8, 4) is 29.4 Å². The molecule has 1 atom stereocenters. The van der Waals surface area contributed by atoms with E-state index < -0.39 is 0 Å². The molecule has 0 bridgehead atoms. The Morgan fingerprint density at radius 1 is 1.25 bits per heavy atom. The molecule has 3 rings (SSSR count). The molecule has 32 heavy (non-hydrogen) atoms. The lowest BCUT2D eigenvalue weighted by Crippen LogP contribution is -2.29. The molecule has 0 amide bonds. The quantitative estimate of drug-likeness (QED) is 0.302. The molecular weight excluding hydrogens is 466 g/mol. The van der Waals surface area contributed by atoms with Crippen LogP contribution in [0.5, 0.6) is 5.75 Å². The van der Waals surface area contributed by atoms with Crippen LogP contribution >= 0.6 is 35.3 Å². The van der Waals surface area contributed by atoms with Crippen LogP contribution < -0.4 is 9.64 Å². The number of benzene rings is 2. The number of nitrogens with zero attached hydrogens (tertiary/aromatic N) is 2. The van der Waals surface area contributed by atoms with E-state index in [1.165, 1.54) is 12.1 Å². The number of ether oxygens (including phenoxy) is 1. The Morgan fingerprint density at radius 2 is 1.94 bits per heavy atom. The zero-order valence-electron chi connectivity index (χ0n) is 18.6. The first-order valence-corrected chi connectivity index (χ1v) is 11.4. The zero-order valence-corrected chi connectivity index (χ0v) is 21.0. The number of methoxy groups -OCH3 is 1. The second-order valence-corrected chi connectivity index (χ2v) is 8.98. The lowest BCUT2D eigenvalue weighted by molar-refractivity contribution is 0.412. The first-order valence-electron chi connectivity index (χ1n) is 10.2. The Labute approximate surface area is 205 Å². The molecule has 3 aromatic rings. The number of rotatable bonds is 8. The predicted molar refractivity (Wildman–Crippen MR) is 136 cm³/mol. The third-order valence-electron chi connectivity index (χ3n) is 5.23. The summed E-state index contributed by atoms with van der Waals surface area (Å²) in [6, 6.07) is 10.5. The summed E-state index contributed by atoms with van der Waals surface area (Å²) in [4.78, 5) is 8.13. The van der Waals surface area contributed by atoms with Gasteiger partial charge in [0.2, 0.25) is 0 Å². The van der Waals surface area contributed by atoms with Crippen LogP contribution in [0, 0.1) is 32.0 Å². The minimum atomic E-state index is -0.251. The monoisotopic (exact) mass is 492 g/mol. The molecule has 1 heterocycles. The number of terminal acetylenes is 1. The Hall–Kier alpha value is -2.26. The third-order valence-corrected chi connectivity index (χ3v) is 6.55. The van der Waals surface area contributed by atoms with E-state index in [0.717, 1.165) is 51.0 Å². The largest absolute Gasteiger partial charge is 0.496 e. The van der Waals surface area contributed by atoms with Crippen molar-refractivity contribution < 1.29 is 9.13 Å². The number of aromatic nitrogens is 1. The Balaban J connectivity index is 0.00000363. The van der Waals surface area contributed by atoms with Gasteiger partial charge in [-0.1, -0.05) is 43.0 Å². The molecule has 1 aromatic heterocycles. The normalized spacial score (nSPS) is 11.4. The topological polar surface area (TPSA) is 25.4 Å². The molecule has 0 fully saturated rings. The molecule has 0 saturated heterocycles. The van der Waals surface area contributed by atoms with E-state index in [-0.39, 0.29) is 24.3 Å². The van der Waals surface area contributed by atoms with Crippen molar-refractivity contribution in [2.24, 2.45) is 0 Å². The highest BCUT2D eigenvalue weighted by molar-refractivity contribution is 7.16. The minimum absolute atomic E-state index is 0. The van der Waals surface area contributed by atoms with E-state index >= 15 is 0 Å². The number of halogens is 3. The van der Waals surface area contributed by atoms with Gasteiger partial charge in [-0.2, -0.15) is 0 Å². The molecule has 7 heteroatoms. The maximum absolute atomic E-state index is 13.5. The molecule has 0 aliphatic heterocycles. The summed E-state index contributed by atoms with van der Waals surface area (Å²) >= 11 is 8.15. The molecule has 2 aromatic carbocycles. The molecule has 3 nitrogen and oxygen atoms in total. The number of hydrogen-bond donors (Lipinski definition) is 0. The smallest absolute Gasteiger partial charge is 0.187 e. The van der Waals surface area contributed by atoms with Crippen molar-refractivity contribution in [1.82, 2.24) is 4.98 Å². The van der Waals surface area contributed by atoms with Gasteiger partial charge < -0.3 is 9.64 Å². The summed E-state index contributed by atoms with van der Waals surface area (Å²) in [7, 11) is 1.63. The van der Waals surface area contributed by atoms with Gasteiger partial charge in [-0.15, -0.1) is 30.2 Å². The van der Waals surface area contributed by atoms with Crippen LogP contribution in [0.4, 0.5) is 9.52 Å². The average Bonchev–Trinajstić information content (AvgIpc) is 3.13. The van der Waals surface area contributed by atoms with Crippen molar-refractivity contribution >= 4 is 40.5 Å². The summed E-state index contributed by atoms with van der Waals surface area (Å²) in [6.45, 7) is 6.55. The van der Waals surface area contributed by atoms with Crippen LogP contribution in [0.3, 0.4) is 0 Å². The predicted octanol–water partition coefficient (Wildman–Crippen LogP) is 7.63. The molecule has 170 valence electrons. The maximum atomic E-state index is 13.5. The molecule has 0 aliphatic carbocycles. The SMILES string of the molecule is C#CCN(c1nc(-c2cc(C)c(OC)cc2Cl)c(C)s1)[C@@H](CCC)c1ccc(F)cc1.Cl. The first kappa shape index (κ1) is 26.0. The van der Waals surface area contributed by atoms with Crippen molar-refractivity contribution in [2.75, 3.05) is 18.6 Å². The molecule has 0 unspecified atom stereocenters. The molecule has 0 N–H and O–H groups in total. The first-order chi connectivity index (χ1) is 14.9. The summed E-state index contributed by atoms with van der Waals surface area (Å²) in [6.07, 6.45) is 7.57. The van der Waals surface area contributed by atoms with Crippen molar-refractivity contribution in [2.45, 2.75) is 39.7 Å². The van der Waals surface area contributed by atoms with Gasteiger partial charge in [0.15, 0.2) is 5.13 Å². The number of anilines is 1. The lowest BCUT2D eigenvalue weighted by Gasteiger charge is -2.30. The highest BCUT2D eigenvalue weighted by Gasteiger charge is 2.24. The van der Waals surface area contributed by atoms with Crippen LogP contribution in [0.2, 0.25) is 5.02 Å². The van der Waals surface area contributed by atoms with Gasteiger partial charge in [0, 0.05) is 10.4 Å². The minimum Gasteiger partial charge on any atom is -0.496 e. The van der Waals surface area contributed by atoms with E-state index in [9.17, 15) is 4.39 Å². The van der Waals surface area contributed by atoms with E-state index in [1.807, 2.05) is 38.1 Å². The summed E-state index contributed by atoms with van der Waals surface area (Å²) in [5.74, 6) is 3.26. The summed E-state index contributed by atoms with van der Waals surface area (Å²) in [5, 5.41) is 1.42. The van der Waals surface area contributed by atoms with Crippen LogP contribution in [0.1, 0.15) is 41.8 Å². The summed E-state index contributed by atoms with van der Waals surface area (Å²) in [5.41, 5.74) is 3.72. The van der Waals surface area contributed by atoms with Crippen LogP contribution in [0.15, 0.2) is 36.4 Å². The average molecular weight is 493 g/mol. The Bertz CT molecular complexity index is 1090. The van der Waals surface area contributed by atoms with Gasteiger partial charge in [0.05, 0.1) is 30.4 Å². The molecule has 0 spiro atoms. The lowest BCUT2D eigenvalue weighted by atomic mass is 10.0. The highest BCUT2D eigenvalue weighted by atomic mass is 35.5. The van der Waals surface area contributed by atoms with Crippen molar-refractivity contribution in [1.29, 1.82) is 0 Å². The zero-order chi connectivity index (χ0) is 22.5. The van der Waals surface area contributed by atoms with Crippen LogP contribution in [-0.4, -0.2) is 18.6 Å². The summed E-state index contributed by atoms with van der Waals surface area (Å²) < 4.78 is 18.9. The molecular formula is C25H27Cl2FN2OS. The van der Waals surface area contributed by atoms with E-state index in [1.54, 1.807) is 18.4 Å². The van der Waals surface area contributed by atoms with Crippen molar-refractivity contribution in [3.05, 3.63) is 63.2 Å². The van der Waals surface area contributed by atoms with Gasteiger partial charge in [0.25, 0.3) is 0 Å². The second-order valence-electron chi connectivity index (χ2n) is 7.39. The van der Waals surface area contributed by atoms with Gasteiger partial charge in [-0.05, 0) is 55.7 Å². The van der Waals surface area contributed by atoms with Gasteiger partial charge in [0.1, 0.15) is 11.6 Å². The van der Waals surface area contributed by atoms with Crippen molar-refractivity contribution in [3.63, 3.8) is 0 Å². The Morgan fingerprint density at radius 3 is 2.53 bits per heavy atom. The Kier molecular flexibility index (Phi) is 9.39. The fraction of sp³-hybridized carbons (Fsp3) is 0.320. The van der Waals surface area contributed by atoms with E-state index in [4.69, 9.17) is 27.7 Å². The van der Waals surface area contributed by atoms with Gasteiger partial charge in [-0.3, -0.25) is 0 Å². The van der Waals surface area contributed by atoms with Crippen LogP contribution in [0.25, 0.3) is 11.3 Å². The van der Waals surface area contributed by atoms with E-state index in [2.05, 4.69) is 17.7 Å². The maximum Gasteiger partial charge on any atom is 0.187 e. The van der Waals surface area contributed by atoms with Crippen LogP contribution in [-0.2, 0) is 0 Å². The number of aryl methyl sites for hydroxylation is 2. The molecule has 0 saturated carbocycles. The van der Waals surface area contributed by atoms with Gasteiger partial charge >= 0.3 is 0 Å². The van der Waals surface area contributed by atoms with Gasteiger partial charge in [-0.25, -0.2) is 9.37 Å². The molecule has 0 aliphatic rings. The van der Waals surface area contributed by atoms with E-state index in [0.29, 0.717) is 11.6 Å². The highest BCUT2D eigenvalue weighted by Crippen LogP contribution is 2.41. The number of thiazole rings is 1. The number of hydrogen-bond acceptors (Lipinski definition) is 4. The third kappa shape index (κ3) is 5.56. The molecule has 0 radical (unpaired) electrons. The fourth-order valence-electron chi connectivity index (χ4n) is 3.69. The fourth-order valence-corrected chi connectivity index (χ4v) is 4.91.